The van der Waals surface area contributed by atoms with Crippen LogP contribution in [0.15, 0.2) is 36.0 Å². The smallest absolute Gasteiger partial charge is 0.410 e. The van der Waals surface area contributed by atoms with Crippen LogP contribution in [0, 0.1) is 12.8 Å². The van der Waals surface area contributed by atoms with Crippen LogP contribution in [0.4, 0.5) is 10.5 Å². The van der Waals surface area contributed by atoms with Gasteiger partial charge in [-0.25, -0.2) is 9.59 Å². The molecule has 0 spiro atoms. The molecule has 1 aromatic heterocycles. The first-order chi connectivity index (χ1) is 22.1. The summed E-state index contributed by atoms with van der Waals surface area (Å²) >= 11 is 3.67. The molecule has 0 bridgehead atoms. The van der Waals surface area contributed by atoms with Crippen molar-refractivity contribution in [2.24, 2.45) is 5.92 Å². The third-order valence-corrected chi connectivity index (χ3v) is 10.1. The molecule has 5 rings (SSSR count). The van der Waals surface area contributed by atoms with Gasteiger partial charge in [-0.15, -0.1) is 12.4 Å². The summed E-state index contributed by atoms with van der Waals surface area (Å²) in [6.45, 7) is 10.7. The molecule has 2 aromatic rings. The Balaban J connectivity index is 0.00000500. The van der Waals surface area contributed by atoms with E-state index < -0.39 is 18.2 Å². The lowest BCUT2D eigenvalue weighted by molar-refractivity contribution is -0.123. The first kappa shape index (κ1) is 36.4. The van der Waals surface area contributed by atoms with E-state index in [4.69, 9.17) is 14.2 Å². The van der Waals surface area contributed by atoms with Gasteiger partial charge in [0.05, 0.1) is 31.2 Å². The number of H-pyrrole nitrogens is 1. The first-order valence-corrected chi connectivity index (χ1v) is 16.9. The first-order valence-electron chi connectivity index (χ1n) is 15.8. The molecule has 2 aliphatic heterocycles. The second kappa shape index (κ2) is 15.6. The molecule has 3 aliphatic rings. The number of halogens is 2. The number of carbonyl (C=O) groups excluding carboxylic acids is 3. The van der Waals surface area contributed by atoms with Gasteiger partial charge in [-0.1, -0.05) is 22.0 Å². The van der Waals surface area contributed by atoms with Gasteiger partial charge in [0.15, 0.2) is 6.10 Å². The number of aryl methyl sites for hydroxylation is 1. The maximum Gasteiger partial charge on any atom is 0.410 e. The molecule has 2 saturated heterocycles. The molecule has 3 heterocycles. The number of alkyl halides is 1. The highest BCUT2D eigenvalue weighted by Crippen LogP contribution is 2.51. The molecule has 1 aliphatic carbocycles. The molecule has 2 amide bonds. The van der Waals surface area contributed by atoms with Crippen molar-refractivity contribution in [1.29, 1.82) is 0 Å². The number of methoxy groups -OCH3 is 2. The van der Waals surface area contributed by atoms with Crippen molar-refractivity contribution in [3.63, 3.8) is 0 Å². The minimum atomic E-state index is -0.808. The molecule has 3 atom stereocenters. The minimum absolute atomic E-state index is 0. The number of benzene rings is 1. The summed E-state index contributed by atoms with van der Waals surface area (Å²) in [5.41, 5.74) is 4.98. The molecule has 2 unspecified atom stereocenters. The van der Waals surface area contributed by atoms with Crippen molar-refractivity contribution < 1.29 is 28.6 Å². The van der Waals surface area contributed by atoms with Gasteiger partial charge in [0.2, 0.25) is 0 Å². The highest BCUT2D eigenvalue weighted by atomic mass is 79.9. The van der Waals surface area contributed by atoms with Crippen LogP contribution in [0.25, 0.3) is 6.08 Å². The average Bonchev–Trinajstić information content (AvgIpc) is 3.61. The summed E-state index contributed by atoms with van der Waals surface area (Å²) < 4.78 is 16.9. The molecule has 11 nitrogen and oxygen atoms in total. The van der Waals surface area contributed by atoms with Crippen LogP contribution in [0.5, 0.6) is 5.75 Å². The summed E-state index contributed by atoms with van der Waals surface area (Å²) in [5, 5.41) is 0.601. The average molecular weight is 735 g/mol. The third-order valence-electron chi connectivity index (χ3n) is 9.26. The molecular formula is C34H45BrClN5O6. The molecular weight excluding hydrogens is 690 g/mol. The highest BCUT2D eigenvalue weighted by molar-refractivity contribution is 9.09. The summed E-state index contributed by atoms with van der Waals surface area (Å²) in [6.07, 6.45) is 4.01. The van der Waals surface area contributed by atoms with Gasteiger partial charge >= 0.3 is 12.1 Å². The highest BCUT2D eigenvalue weighted by Gasteiger charge is 2.48. The number of esters is 1. The Labute approximate surface area is 291 Å². The van der Waals surface area contributed by atoms with Crippen molar-refractivity contribution in [3.8, 4) is 5.75 Å². The molecule has 256 valence electrons. The number of anilines is 1. The van der Waals surface area contributed by atoms with Gasteiger partial charge in [-0.3, -0.25) is 4.79 Å². The normalized spacial score (nSPS) is 20.7. The lowest BCUT2D eigenvalue weighted by Crippen LogP contribution is -2.47. The van der Waals surface area contributed by atoms with E-state index in [9.17, 15) is 14.4 Å². The Morgan fingerprint density at radius 2 is 1.81 bits per heavy atom. The number of fused-ring (bicyclic) bond motifs is 3. The van der Waals surface area contributed by atoms with Gasteiger partial charge in [0.1, 0.15) is 5.75 Å². The van der Waals surface area contributed by atoms with E-state index >= 15 is 0 Å². The van der Waals surface area contributed by atoms with Crippen LogP contribution in [-0.2, 0) is 14.3 Å². The Kier molecular flexibility index (Phi) is 12.1. The SMILES string of the molecule is CCN(CC)c1cc(/C=C/C(=O)N2C[C@@H](CBr)C3C2=CC(OC(=O)N2CCN(C)CC2)c2[nH]c(C)c(C(=O)OC)c23)ccc1OC.Cl. The maximum atomic E-state index is 13.9. The number of aromatic amines is 1. The summed E-state index contributed by atoms with van der Waals surface area (Å²) in [7, 11) is 5.03. The van der Waals surface area contributed by atoms with E-state index in [2.05, 4.69) is 44.6 Å². The van der Waals surface area contributed by atoms with E-state index in [-0.39, 0.29) is 30.2 Å². The van der Waals surface area contributed by atoms with Crippen molar-refractivity contribution >= 4 is 58.1 Å². The number of nitrogens with one attached hydrogen (secondary N) is 1. The quantitative estimate of drug-likeness (QED) is 0.209. The van der Waals surface area contributed by atoms with Gasteiger partial charge in [0.25, 0.3) is 5.91 Å². The van der Waals surface area contributed by atoms with Crippen LogP contribution >= 0.6 is 28.3 Å². The fraction of sp³-hybridized carbons (Fsp3) is 0.500. The number of ether oxygens (including phenoxy) is 3. The molecule has 47 heavy (non-hydrogen) atoms. The number of hydrogen-bond acceptors (Lipinski definition) is 8. The van der Waals surface area contributed by atoms with E-state index in [0.717, 1.165) is 48.7 Å². The Hall–Kier alpha value is -3.48. The number of rotatable bonds is 9. The number of amides is 2. The third kappa shape index (κ3) is 7.19. The van der Waals surface area contributed by atoms with E-state index in [1.54, 1.807) is 23.0 Å². The topological polar surface area (TPSA) is 108 Å². The van der Waals surface area contributed by atoms with Crippen LogP contribution in [0.2, 0.25) is 0 Å². The maximum absolute atomic E-state index is 13.9. The van der Waals surface area contributed by atoms with E-state index in [1.165, 1.54) is 7.11 Å². The van der Waals surface area contributed by atoms with E-state index in [1.807, 2.05) is 44.3 Å². The molecule has 1 N–H and O–H groups in total. The number of likely N-dealkylation sites (N-methyl/N-ethyl adjacent to an activating group) is 1. The Morgan fingerprint density at radius 3 is 2.43 bits per heavy atom. The number of aromatic nitrogens is 1. The van der Waals surface area contributed by atoms with Crippen LogP contribution in [0.3, 0.4) is 0 Å². The largest absolute Gasteiger partial charge is 0.495 e. The predicted octanol–water partition coefficient (Wildman–Crippen LogP) is 5.36. The van der Waals surface area contributed by atoms with Gasteiger partial charge in [-0.05, 0) is 63.6 Å². The minimum Gasteiger partial charge on any atom is -0.495 e. The van der Waals surface area contributed by atoms with Crippen molar-refractivity contribution in [2.45, 2.75) is 32.8 Å². The number of allylic oxidation sites excluding steroid dienone is 1. The number of nitrogens with zero attached hydrogens (tertiary/aromatic N) is 4. The fourth-order valence-corrected chi connectivity index (χ4v) is 7.33. The zero-order valence-corrected chi connectivity index (χ0v) is 30.3. The molecule has 2 fully saturated rings. The molecule has 0 radical (unpaired) electrons. The Bertz CT molecular complexity index is 1530. The predicted molar refractivity (Wildman–Crippen MR) is 188 cm³/mol. The van der Waals surface area contributed by atoms with Crippen LogP contribution in [0.1, 0.15) is 58.7 Å². The zero-order valence-electron chi connectivity index (χ0n) is 27.9. The number of piperazine rings is 1. The lowest BCUT2D eigenvalue weighted by atomic mass is 9.80. The second-order valence-electron chi connectivity index (χ2n) is 11.9. The molecule has 13 heteroatoms. The van der Waals surface area contributed by atoms with Crippen molar-refractivity contribution in [1.82, 2.24) is 19.7 Å². The van der Waals surface area contributed by atoms with E-state index in [0.29, 0.717) is 47.6 Å². The van der Waals surface area contributed by atoms with Crippen LogP contribution < -0.4 is 9.64 Å². The van der Waals surface area contributed by atoms with Crippen LogP contribution in [-0.4, -0.2) is 110 Å². The molecule has 1 aromatic carbocycles. The lowest BCUT2D eigenvalue weighted by Gasteiger charge is -2.34. The van der Waals surface area contributed by atoms with Crippen molar-refractivity contribution in [3.05, 3.63) is 64.1 Å². The molecule has 0 saturated carbocycles. The van der Waals surface area contributed by atoms with Gasteiger partial charge in [-0.2, -0.15) is 0 Å². The van der Waals surface area contributed by atoms with Crippen molar-refractivity contribution in [2.75, 3.05) is 77.3 Å². The fourth-order valence-electron chi connectivity index (χ4n) is 6.75. The monoisotopic (exact) mass is 733 g/mol. The second-order valence-corrected chi connectivity index (χ2v) is 12.6. The summed E-state index contributed by atoms with van der Waals surface area (Å²) in [4.78, 5) is 51.5. The zero-order chi connectivity index (χ0) is 33.1. The van der Waals surface area contributed by atoms with Gasteiger partial charge in [0, 0.05) is 80.1 Å². The number of likely N-dealkylation sites (tertiary alicyclic amines) is 1. The number of carbonyl (C=O) groups is 3. The van der Waals surface area contributed by atoms with Gasteiger partial charge < -0.3 is 38.8 Å². The number of hydrogen-bond donors (Lipinski definition) is 1. The Morgan fingerprint density at radius 1 is 1.11 bits per heavy atom. The standard InChI is InChI=1S/C34H44BrN5O6.ClH/c1-7-38(8-2)24-17-22(9-11-26(24)44-5)10-12-28(41)40-20-23(19-35)30-25(40)18-27(46-34(43)39-15-13-37(4)14-16-39)32-31(30)29(21(3)36-32)33(42)45-6;/h9-12,17-18,23,27,30,36H,7-8,13-16,19-20H2,1-6H3;1H/b12-10+;/t23-,27?,30?;/m1./s1. The summed E-state index contributed by atoms with van der Waals surface area (Å²) in [5.74, 6) is -0.190. The summed E-state index contributed by atoms with van der Waals surface area (Å²) in [6, 6.07) is 5.86.